The molecule has 1 saturated carbocycles. The molecule has 0 aliphatic heterocycles. The van der Waals surface area contributed by atoms with Crippen molar-refractivity contribution in [1.82, 2.24) is 0 Å². The zero-order valence-electron chi connectivity index (χ0n) is 31.4. The molecule has 0 amide bonds. The molecule has 1 aliphatic carbocycles. The summed E-state index contributed by atoms with van der Waals surface area (Å²) >= 11 is 11.0. The van der Waals surface area contributed by atoms with Crippen molar-refractivity contribution in [3.05, 3.63) is 206 Å². The maximum absolute atomic E-state index is 5.96. The zero-order chi connectivity index (χ0) is 38.1. The summed E-state index contributed by atoms with van der Waals surface area (Å²) in [5, 5.41) is 9.56. The Hall–Kier alpha value is -2.97. The van der Waals surface area contributed by atoms with E-state index in [1.54, 1.807) is 7.11 Å². The minimum Gasteiger partial charge on any atom is -0.542 e. The van der Waals surface area contributed by atoms with Crippen LogP contribution in [0.1, 0.15) is 25.7 Å². The fraction of sp³-hybridized carbons (Fsp3) is 0.125. The smallest absolute Gasteiger partial charge is 0.119 e. The second kappa shape index (κ2) is 23.4. The van der Waals surface area contributed by atoms with Gasteiger partial charge in [-0.25, -0.2) is 0 Å². The zero-order valence-corrected chi connectivity index (χ0v) is 38.1. The van der Waals surface area contributed by atoms with Gasteiger partial charge in [0.25, 0.3) is 0 Å². The van der Waals surface area contributed by atoms with Gasteiger partial charge in [0.2, 0.25) is 0 Å². The van der Waals surface area contributed by atoms with Crippen molar-refractivity contribution in [3.63, 3.8) is 0 Å². The van der Waals surface area contributed by atoms with E-state index in [4.69, 9.17) is 33.8 Å². The molecular weight excluding hydrogens is 963 g/mol. The van der Waals surface area contributed by atoms with Gasteiger partial charge in [-0.05, 0) is 110 Å². The predicted octanol–water partition coefficient (Wildman–Crippen LogP) is 9.49. The van der Waals surface area contributed by atoms with Gasteiger partial charge in [-0.3, -0.25) is 4.52 Å². The van der Waals surface area contributed by atoms with E-state index in [1.807, 2.05) is 24.3 Å². The Labute approximate surface area is 363 Å². The summed E-state index contributed by atoms with van der Waals surface area (Å²) in [4.78, 5) is 0. The molecule has 56 heavy (non-hydrogen) atoms. The summed E-state index contributed by atoms with van der Waals surface area (Å²) in [5.74, 6) is -1.44. The van der Waals surface area contributed by atoms with Crippen LogP contribution in [-0.4, -0.2) is 13.2 Å². The van der Waals surface area contributed by atoms with E-state index in [0.717, 1.165) is 23.9 Å². The molecule has 8 heteroatoms. The van der Waals surface area contributed by atoms with E-state index in [9.17, 15) is 0 Å². The first kappa shape index (κ1) is 44.1. The van der Waals surface area contributed by atoms with Crippen LogP contribution in [0.3, 0.4) is 0 Å². The minimum atomic E-state index is -2.26. The van der Waals surface area contributed by atoms with Crippen LogP contribution in [-0.2, 0) is 51.4 Å². The second-order valence-electron chi connectivity index (χ2n) is 13.2. The van der Waals surface area contributed by atoms with Crippen LogP contribution in [0.4, 0.5) is 0 Å². The predicted molar refractivity (Wildman–Crippen MR) is 251 cm³/mol. The van der Waals surface area contributed by atoms with Gasteiger partial charge in [-0.2, -0.15) is 0 Å². The van der Waals surface area contributed by atoms with Crippen molar-refractivity contribution in [1.29, 1.82) is 0 Å². The van der Waals surface area contributed by atoms with Gasteiger partial charge in [-0.15, -0.1) is 0 Å². The van der Waals surface area contributed by atoms with Crippen LogP contribution in [0.25, 0.3) is 0 Å². The molecule has 0 heterocycles. The first-order chi connectivity index (χ1) is 27.0. The maximum atomic E-state index is 5.96. The molecule has 7 aromatic rings. The number of ether oxygens (including phenoxy) is 1. The Balaban J connectivity index is 0.000000160. The molecule has 0 spiro atoms. The van der Waals surface area contributed by atoms with Gasteiger partial charge >= 0.3 is 0 Å². The third-order valence-electron chi connectivity index (χ3n) is 9.35. The molecule has 0 bridgehead atoms. The molecule has 1 radical (unpaired) electrons. The Morgan fingerprint density at radius 2 is 0.696 bits per heavy atom. The molecule has 0 unspecified atom stereocenters. The van der Waals surface area contributed by atoms with Crippen LogP contribution < -0.4 is 41.9 Å². The molecule has 289 valence electrons. The van der Waals surface area contributed by atoms with Crippen molar-refractivity contribution in [2.75, 3.05) is 7.11 Å². The quantitative estimate of drug-likeness (QED) is 0.0773. The van der Waals surface area contributed by atoms with Gasteiger partial charge in [0, 0.05) is 22.4 Å². The van der Waals surface area contributed by atoms with Gasteiger partial charge in [0.05, 0.1) is 34.4 Å². The summed E-state index contributed by atoms with van der Waals surface area (Å²) in [6.07, 6.45) is 4.95. The van der Waals surface area contributed by atoms with Crippen LogP contribution in [0.2, 0.25) is 0 Å². The third kappa shape index (κ3) is 13.0. The summed E-state index contributed by atoms with van der Waals surface area (Å²) < 4.78 is 11.1. The molecule has 1 aliphatic rings. The van der Waals surface area contributed by atoms with Gasteiger partial charge in [0.1, 0.15) is 37.6 Å². The number of hydrogen-bond acceptors (Lipinski definition) is 4. The monoisotopic (exact) mass is 1010 g/mol. The van der Waals surface area contributed by atoms with Crippen LogP contribution in [0.15, 0.2) is 206 Å². The Kier molecular flexibility index (Phi) is 18.5. The van der Waals surface area contributed by atoms with Crippen molar-refractivity contribution in [2.45, 2.75) is 31.8 Å². The van der Waals surface area contributed by atoms with Gasteiger partial charge < -0.3 is 29.2 Å². The van der Waals surface area contributed by atoms with E-state index in [0.29, 0.717) is 0 Å². The van der Waals surface area contributed by atoms with Crippen molar-refractivity contribution < 1.29 is 31.6 Å². The Bertz CT molecular complexity index is 1790. The van der Waals surface area contributed by atoms with Crippen molar-refractivity contribution >= 4 is 83.4 Å². The first-order valence-corrected chi connectivity index (χ1v) is 25.5. The summed E-state index contributed by atoms with van der Waals surface area (Å²) in [7, 11) is -0.108. The molecule has 0 atom stereocenters. The third-order valence-corrected chi connectivity index (χ3v) is 18.1. The van der Waals surface area contributed by atoms with E-state index in [1.165, 1.54) is 44.7 Å². The maximum Gasteiger partial charge on any atom is 0.119 e. The molecule has 0 N–H and O–H groups in total. The van der Waals surface area contributed by atoms with Crippen molar-refractivity contribution in [3.8, 4) is 5.75 Å². The number of hydrogen-bond donors (Lipinski definition) is 0. The number of methoxy groups -OCH3 is 1. The molecule has 2 nitrogen and oxygen atoms in total. The van der Waals surface area contributed by atoms with Crippen LogP contribution in [0.5, 0.6) is 5.75 Å². The summed E-state index contributed by atoms with van der Waals surface area (Å²) in [6, 6.07) is 72.6. The second-order valence-corrected chi connectivity index (χ2v) is 23.6. The largest absolute Gasteiger partial charge is 0.542 e. The van der Waals surface area contributed by atoms with E-state index in [-0.39, 0.29) is 28.5 Å². The van der Waals surface area contributed by atoms with E-state index >= 15 is 0 Å². The molecule has 1 fully saturated rings. The SMILES string of the molecule is COc1ccc([P+]([S-])([S-])OC2CCCC2)cc1.[Au].c1ccc([PH+](c2ccccc2)c2ccccc2)cc1.c1ccc([PH+](c2ccccc2)c2ccccc2)cc1. The minimum absolute atomic E-state index is 0. The number of rotatable bonds is 10. The Morgan fingerprint density at radius 3 is 0.946 bits per heavy atom. The normalized spacial score (nSPS) is 12.4. The van der Waals surface area contributed by atoms with Gasteiger partial charge in [0.15, 0.2) is 0 Å². The van der Waals surface area contributed by atoms with Gasteiger partial charge in [-0.1, -0.05) is 128 Å². The molecule has 8 rings (SSSR count). The summed E-state index contributed by atoms with van der Waals surface area (Å²) in [6.45, 7) is 0. The van der Waals surface area contributed by atoms with Crippen LogP contribution in [0, 0.1) is 0 Å². The van der Waals surface area contributed by atoms with Crippen LogP contribution >= 0.6 is 21.7 Å². The molecule has 7 aromatic carbocycles. The number of benzene rings is 7. The topological polar surface area (TPSA) is 18.5 Å². The Morgan fingerprint density at radius 1 is 0.429 bits per heavy atom. The standard InChI is InChI=1S/2C18H15P.C12H17O2PS2.Au/c2*1-4-10-16(11-5-1)19(17-12-6-2-7-13-17)18-14-8-3-9-15-18;1-13-10-6-8-12(9-7-10)15(16,17)14-11-4-2-3-5-11;/h2*1-15H;6-9,11H,2-5H2,1H3,(H,16,17);/p+1. The fourth-order valence-corrected chi connectivity index (χ4v) is 14.5. The molecule has 0 saturated heterocycles. The summed E-state index contributed by atoms with van der Waals surface area (Å²) in [5.41, 5.74) is 0. The van der Waals surface area contributed by atoms with E-state index < -0.39 is 21.7 Å². The average Bonchev–Trinajstić information content (AvgIpc) is 3.76. The average molecular weight is 1010 g/mol. The van der Waals surface area contributed by atoms with E-state index in [2.05, 4.69) is 182 Å². The van der Waals surface area contributed by atoms with Crippen molar-refractivity contribution in [2.24, 2.45) is 0 Å². The molecular formula is C48H48AuO2P3S2+. The first-order valence-electron chi connectivity index (χ1n) is 18.7. The molecule has 0 aromatic heterocycles. The fourth-order valence-electron chi connectivity index (χ4n) is 6.64.